The third kappa shape index (κ3) is 5.98. The Morgan fingerprint density at radius 3 is 2.33 bits per heavy atom. The second-order valence-electron chi connectivity index (χ2n) is 5.43. The fourth-order valence-corrected chi connectivity index (χ4v) is 2.20. The lowest BCUT2D eigenvalue weighted by atomic mass is 10.1. The molecule has 0 fully saturated rings. The molecular formula is C18H15F4NO4. The molecule has 1 N–H and O–H groups in total. The van der Waals surface area contributed by atoms with Gasteiger partial charge in [0.05, 0.1) is 11.6 Å². The minimum atomic E-state index is -2.99. The van der Waals surface area contributed by atoms with Crippen molar-refractivity contribution in [2.75, 3.05) is 6.61 Å². The van der Waals surface area contributed by atoms with Crippen molar-refractivity contribution in [1.82, 2.24) is 5.32 Å². The summed E-state index contributed by atoms with van der Waals surface area (Å²) in [6.07, 6.45) is 0. The van der Waals surface area contributed by atoms with Crippen molar-refractivity contribution in [3.05, 3.63) is 65.2 Å². The maximum atomic E-state index is 13.7. The normalized spacial score (nSPS) is 11.8. The number of hydrogen-bond donors (Lipinski definition) is 1. The van der Waals surface area contributed by atoms with Crippen molar-refractivity contribution in [2.45, 2.75) is 19.6 Å². The molecule has 0 bridgehead atoms. The molecule has 0 radical (unpaired) electrons. The lowest BCUT2D eigenvalue weighted by Crippen LogP contribution is -2.31. The molecule has 9 heteroatoms. The van der Waals surface area contributed by atoms with E-state index in [-0.39, 0.29) is 16.9 Å². The molecule has 2 aromatic carbocycles. The fourth-order valence-electron chi connectivity index (χ4n) is 2.20. The van der Waals surface area contributed by atoms with E-state index < -0.39 is 42.8 Å². The summed E-state index contributed by atoms with van der Waals surface area (Å²) in [5.41, 5.74) is 0.104. The Morgan fingerprint density at radius 1 is 1.07 bits per heavy atom. The number of alkyl halides is 2. The van der Waals surface area contributed by atoms with Gasteiger partial charge in [0.25, 0.3) is 5.91 Å². The SMILES string of the molecule is C[C@@H](NC(=O)COC(=O)c1ccc(OC(F)F)cc1)c1ccc(F)cc1F. The third-order valence-electron chi connectivity index (χ3n) is 3.46. The molecule has 144 valence electrons. The summed E-state index contributed by atoms with van der Waals surface area (Å²) < 4.78 is 59.6. The zero-order valence-corrected chi connectivity index (χ0v) is 14.0. The first kappa shape index (κ1) is 20.2. The number of halogens is 4. The van der Waals surface area contributed by atoms with Crippen LogP contribution < -0.4 is 10.1 Å². The predicted octanol–water partition coefficient (Wildman–Crippen LogP) is 3.60. The zero-order valence-electron chi connectivity index (χ0n) is 14.0. The number of nitrogens with one attached hydrogen (secondary N) is 1. The van der Waals surface area contributed by atoms with Gasteiger partial charge in [-0.2, -0.15) is 8.78 Å². The van der Waals surface area contributed by atoms with E-state index in [0.29, 0.717) is 6.07 Å². The van der Waals surface area contributed by atoms with E-state index in [0.717, 1.165) is 18.2 Å². The fraction of sp³-hybridized carbons (Fsp3) is 0.222. The molecule has 0 heterocycles. The van der Waals surface area contributed by atoms with Crippen LogP contribution in [0.1, 0.15) is 28.9 Å². The second kappa shape index (κ2) is 9.02. The van der Waals surface area contributed by atoms with Crippen LogP contribution in [-0.4, -0.2) is 25.1 Å². The molecule has 0 saturated heterocycles. The molecule has 0 aliphatic rings. The highest BCUT2D eigenvalue weighted by Crippen LogP contribution is 2.18. The van der Waals surface area contributed by atoms with Crippen molar-refractivity contribution in [2.24, 2.45) is 0 Å². The molecule has 1 atom stereocenters. The molecule has 5 nitrogen and oxygen atoms in total. The Hall–Kier alpha value is -3.10. The van der Waals surface area contributed by atoms with E-state index in [4.69, 9.17) is 4.74 Å². The lowest BCUT2D eigenvalue weighted by molar-refractivity contribution is -0.124. The first-order valence-corrected chi connectivity index (χ1v) is 7.72. The standard InChI is InChI=1S/C18H15F4NO4/c1-10(14-7-4-12(19)8-15(14)20)23-16(24)9-26-17(25)11-2-5-13(6-3-11)27-18(21)22/h2-8,10,18H,9H2,1H3,(H,23,24)/t10-/m1/s1. The summed E-state index contributed by atoms with van der Waals surface area (Å²) >= 11 is 0. The quantitative estimate of drug-likeness (QED) is 0.584. The highest BCUT2D eigenvalue weighted by Gasteiger charge is 2.16. The number of amides is 1. The molecule has 0 saturated carbocycles. The smallest absolute Gasteiger partial charge is 0.387 e. The molecule has 2 aromatic rings. The topological polar surface area (TPSA) is 64.6 Å². The van der Waals surface area contributed by atoms with Crippen LogP contribution in [0.4, 0.5) is 17.6 Å². The van der Waals surface area contributed by atoms with Crippen LogP contribution in [0.3, 0.4) is 0 Å². The molecule has 0 aliphatic heterocycles. The van der Waals surface area contributed by atoms with Crippen LogP contribution in [0.15, 0.2) is 42.5 Å². The van der Waals surface area contributed by atoms with Gasteiger partial charge in [0, 0.05) is 11.6 Å². The van der Waals surface area contributed by atoms with E-state index in [2.05, 4.69) is 10.1 Å². The molecular weight excluding hydrogens is 370 g/mol. The number of esters is 1. The summed E-state index contributed by atoms with van der Waals surface area (Å²) in [7, 11) is 0. The molecule has 1 amide bonds. The summed E-state index contributed by atoms with van der Waals surface area (Å²) in [4.78, 5) is 23.7. The Kier molecular flexibility index (Phi) is 6.75. The monoisotopic (exact) mass is 385 g/mol. The van der Waals surface area contributed by atoms with Crippen molar-refractivity contribution in [1.29, 1.82) is 0 Å². The van der Waals surface area contributed by atoms with Crippen LogP contribution in [0, 0.1) is 11.6 Å². The Balaban J connectivity index is 1.86. The van der Waals surface area contributed by atoms with Gasteiger partial charge in [0.15, 0.2) is 6.61 Å². The number of rotatable bonds is 7. The van der Waals surface area contributed by atoms with Gasteiger partial charge in [0.1, 0.15) is 17.4 Å². The van der Waals surface area contributed by atoms with Gasteiger partial charge in [-0.15, -0.1) is 0 Å². The number of benzene rings is 2. The van der Waals surface area contributed by atoms with Crippen molar-refractivity contribution >= 4 is 11.9 Å². The average molecular weight is 385 g/mol. The van der Waals surface area contributed by atoms with Gasteiger partial charge in [-0.3, -0.25) is 4.79 Å². The van der Waals surface area contributed by atoms with Gasteiger partial charge >= 0.3 is 12.6 Å². The van der Waals surface area contributed by atoms with Crippen LogP contribution in [-0.2, 0) is 9.53 Å². The van der Waals surface area contributed by atoms with Crippen LogP contribution in [0.25, 0.3) is 0 Å². The van der Waals surface area contributed by atoms with Crippen LogP contribution in [0.5, 0.6) is 5.75 Å². The van der Waals surface area contributed by atoms with E-state index in [9.17, 15) is 27.2 Å². The summed E-state index contributed by atoms with van der Waals surface area (Å²) in [6, 6.07) is 6.89. The van der Waals surface area contributed by atoms with Crippen LogP contribution >= 0.6 is 0 Å². The maximum absolute atomic E-state index is 13.7. The average Bonchev–Trinajstić information content (AvgIpc) is 2.59. The van der Waals surface area contributed by atoms with Gasteiger partial charge in [-0.1, -0.05) is 6.07 Å². The molecule has 27 heavy (non-hydrogen) atoms. The second-order valence-corrected chi connectivity index (χ2v) is 5.43. The highest BCUT2D eigenvalue weighted by atomic mass is 19.3. The minimum Gasteiger partial charge on any atom is -0.452 e. The minimum absolute atomic E-state index is 0.0297. The Bertz CT molecular complexity index is 812. The highest BCUT2D eigenvalue weighted by molar-refractivity contribution is 5.91. The third-order valence-corrected chi connectivity index (χ3v) is 3.46. The maximum Gasteiger partial charge on any atom is 0.387 e. The summed E-state index contributed by atoms with van der Waals surface area (Å²) in [6.45, 7) is -2.14. The Morgan fingerprint density at radius 2 is 1.74 bits per heavy atom. The largest absolute Gasteiger partial charge is 0.452 e. The van der Waals surface area contributed by atoms with Gasteiger partial charge in [-0.05, 0) is 37.3 Å². The van der Waals surface area contributed by atoms with Crippen molar-refractivity contribution < 1.29 is 36.6 Å². The van der Waals surface area contributed by atoms with Crippen LogP contribution in [0.2, 0.25) is 0 Å². The summed E-state index contributed by atoms with van der Waals surface area (Å²) in [5.74, 6) is -3.24. The molecule has 0 spiro atoms. The van der Waals surface area contributed by atoms with Crippen molar-refractivity contribution in [3.63, 3.8) is 0 Å². The van der Waals surface area contributed by atoms with E-state index in [1.54, 1.807) is 0 Å². The predicted molar refractivity (Wildman–Crippen MR) is 86.3 cm³/mol. The van der Waals surface area contributed by atoms with E-state index >= 15 is 0 Å². The molecule has 0 aromatic heterocycles. The lowest BCUT2D eigenvalue weighted by Gasteiger charge is -2.15. The molecule has 0 unspecified atom stereocenters. The number of hydrogen-bond acceptors (Lipinski definition) is 4. The zero-order chi connectivity index (χ0) is 20.0. The number of carbonyl (C=O) groups is 2. The van der Waals surface area contributed by atoms with Gasteiger partial charge < -0.3 is 14.8 Å². The van der Waals surface area contributed by atoms with Gasteiger partial charge in [0.2, 0.25) is 0 Å². The van der Waals surface area contributed by atoms with E-state index in [1.165, 1.54) is 25.1 Å². The number of ether oxygens (including phenoxy) is 2. The van der Waals surface area contributed by atoms with Crippen molar-refractivity contribution in [3.8, 4) is 5.75 Å². The Labute approximate surface area is 151 Å². The number of carbonyl (C=O) groups excluding carboxylic acids is 2. The summed E-state index contributed by atoms with van der Waals surface area (Å²) in [5, 5.41) is 2.41. The molecule has 0 aliphatic carbocycles. The first-order chi connectivity index (χ1) is 12.8. The first-order valence-electron chi connectivity index (χ1n) is 7.72. The van der Waals surface area contributed by atoms with E-state index in [1.807, 2.05) is 0 Å². The van der Waals surface area contributed by atoms with Gasteiger partial charge in [-0.25, -0.2) is 13.6 Å². The molecule has 2 rings (SSSR count).